The maximum Gasteiger partial charge on any atom is 0.341 e. The molecule has 0 amide bonds. The molecule has 1 aromatic heterocycles. The highest BCUT2D eigenvalue weighted by atomic mass is 35.5. The van der Waals surface area contributed by atoms with Gasteiger partial charge in [0.2, 0.25) is 0 Å². The zero-order valence-corrected chi connectivity index (χ0v) is 15.6. The summed E-state index contributed by atoms with van der Waals surface area (Å²) in [4.78, 5) is 10.4. The lowest BCUT2D eigenvalue weighted by molar-refractivity contribution is -0.139. The van der Waals surface area contributed by atoms with Crippen molar-refractivity contribution in [3.8, 4) is 17.2 Å². The van der Waals surface area contributed by atoms with Crippen molar-refractivity contribution in [2.45, 2.75) is 6.10 Å². The van der Waals surface area contributed by atoms with Gasteiger partial charge in [0.1, 0.15) is 36.6 Å². The zero-order chi connectivity index (χ0) is 17.9. The van der Waals surface area contributed by atoms with Gasteiger partial charge >= 0.3 is 5.97 Å². The number of hydrogen-bond acceptors (Lipinski definition) is 7. The third kappa shape index (κ3) is 8.91. The molecule has 1 aromatic carbocycles. The number of halogens is 1. The van der Waals surface area contributed by atoms with Crippen LogP contribution in [-0.4, -0.2) is 55.2 Å². The van der Waals surface area contributed by atoms with E-state index in [-0.39, 0.29) is 25.6 Å². The molecule has 0 aliphatic carbocycles. The van der Waals surface area contributed by atoms with Crippen LogP contribution in [0.4, 0.5) is 0 Å². The minimum atomic E-state index is -1.02. The Kier molecular flexibility index (Phi) is 10.5. The summed E-state index contributed by atoms with van der Waals surface area (Å²) in [6.45, 7) is 1.29. The van der Waals surface area contributed by atoms with Crippen molar-refractivity contribution in [1.29, 1.82) is 0 Å². The number of thiophene rings is 1. The molecule has 0 spiro atoms. The van der Waals surface area contributed by atoms with E-state index in [0.717, 1.165) is 5.75 Å². The number of benzene rings is 1. The minimum absolute atomic E-state index is 0. The molecule has 7 nitrogen and oxygen atoms in total. The van der Waals surface area contributed by atoms with Gasteiger partial charge in [0.05, 0.1) is 0 Å². The van der Waals surface area contributed by atoms with Gasteiger partial charge in [0, 0.05) is 18.5 Å². The van der Waals surface area contributed by atoms with Crippen molar-refractivity contribution in [3.63, 3.8) is 0 Å². The number of aliphatic carboxylic acids is 1. The number of aliphatic hydroxyl groups excluding tert-OH is 1. The Morgan fingerprint density at radius 2 is 1.77 bits per heavy atom. The van der Waals surface area contributed by atoms with Gasteiger partial charge in [-0.05, 0) is 35.7 Å². The smallest absolute Gasteiger partial charge is 0.341 e. The molecule has 2 rings (SSSR count). The molecule has 0 radical (unpaired) electrons. The summed E-state index contributed by atoms with van der Waals surface area (Å²) in [7, 11) is 0. The highest BCUT2D eigenvalue weighted by Gasteiger charge is 2.05. The number of nitrogens with one attached hydrogen (secondary N) is 1. The molecule has 0 aliphatic heterocycles. The van der Waals surface area contributed by atoms with Crippen molar-refractivity contribution < 1.29 is 29.2 Å². The lowest BCUT2D eigenvalue weighted by atomic mass is 10.3. The monoisotopic (exact) mass is 403 g/mol. The van der Waals surface area contributed by atoms with Crippen LogP contribution in [0.1, 0.15) is 0 Å². The Balaban J connectivity index is 0.00000338. The second-order valence-electron chi connectivity index (χ2n) is 5.13. The van der Waals surface area contributed by atoms with E-state index in [1.807, 2.05) is 16.8 Å². The third-order valence-corrected chi connectivity index (χ3v) is 3.71. The van der Waals surface area contributed by atoms with Crippen molar-refractivity contribution in [3.05, 3.63) is 41.1 Å². The van der Waals surface area contributed by atoms with Crippen LogP contribution in [0.5, 0.6) is 17.2 Å². The second-order valence-corrected chi connectivity index (χ2v) is 5.91. The predicted octanol–water partition coefficient (Wildman–Crippen LogP) is 2.04. The van der Waals surface area contributed by atoms with Gasteiger partial charge in [-0.25, -0.2) is 4.79 Å². The van der Waals surface area contributed by atoms with E-state index < -0.39 is 12.1 Å². The van der Waals surface area contributed by atoms with Gasteiger partial charge in [-0.3, -0.25) is 0 Å². The summed E-state index contributed by atoms with van der Waals surface area (Å²) in [5.74, 6) is 0.880. The average Bonchev–Trinajstić information content (AvgIpc) is 3.12. The van der Waals surface area contributed by atoms with Crippen molar-refractivity contribution in [1.82, 2.24) is 5.32 Å². The van der Waals surface area contributed by atoms with Crippen LogP contribution in [0.3, 0.4) is 0 Å². The van der Waals surface area contributed by atoms with Crippen LogP contribution < -0.4 is 19.5 Å². The first-order valence-electron chi connectivity index (χ1n) is 7.74. The van der Waals surface area contributed by atoms with Crippen LogP contribution in [0.15, 0.2) is 41.1 Å². The van der Waals surface area contributed by atoms with Crippen molar-refractivity contribution in [2.24, 2.45) is 0 Å². The van der Waals surface area contributed by atoms with E-state index in [4.69, 9.17) is 19.3 Å². The van der Waals surface area contributed by atoms with Crippen LogP contribution in [0.2, 0.25) is 0 Å². The topological polar surface area (TPSA) is 97.3 Å². The molecule has 1 heterocycles. The first-order chi connectivity index (χ1) is 12.1. The Morgan fingerprint density at radius 3 is 2.38 bits per heavy atom. The fraction of sp³-hybridized carbons (Fsp3) is 0.353. The van der Waals surface area contributed by atoms with Gasteiger partial charge in [-0.1, -0.05) is 0 Å². The highest BCUT2D eigenvalue weighted by Crippen LogP contribution is 2.17. The first kappa shape index (κ1) is 22.0. The molecule has 0 saturated heterocycles. The molecule has 0 bridgehead atoms. The Hall–Kier alpha value is -2.00. The number of carbonyl (C=O) groups is 1. The number of ether oxygens (including phenoxy) is 3. The van der Waals surface area contributed by atoms with E-state index in [1.165, 1.54) is 0 Å². The van der Waals surface area contributed by atoms with Gasteiger partial charge in [0.15, 0.2) is 6.61 Å². The van der Waals surface area contributed by atoms with E-state index in [2.05, 4.69) is 5.32 Å². The van der Waals surface area contributed by atoms with E-state index >= 15 is 0 Å². The van der Waals surface area contributed by atoms with Crippen LogP contribution in [0.25, 0.3) is 0 Å². The summed E-state index contributed by atoms with van der Waals surface area (Å²) in [5, 5.41) is 25.2. The summed E-state index contributed by atoms with van der Waals surface area (Å²) >= 11 is 1.55. The maximum atomic E-state index is 10.4. The summed E-state index contributed by atoms with van der Waals surface area (Å²) in [6, 6.07) is 8.58. The first-order valence-corrected chi connectivity index (χ1v) is 8.69. The SMILES string of the molecule is Cl.O=C(O)COc1ccc(OCCNCC(O)COc2ccsc2)cc1. The lowest BCUT2D eigenvalue weighted by Gasteiger charge is -2.13. The minimum Gasteiger partial charge on any atom is -0.492 e. The molecule has 144 valence electrons. The van der Waals surface area contributed by atoms with E-state index in [0.29, 0.717) is 31.2 Å². The molecule has 0 aliphatic rings. The molecule has 26 heavy (non-hydrogen) atoms. The quantitative estimate of drug-likeness (QED) is 0.466. The number of aliphatic hydroxyl groups is 1. The molecular weight excluding hydrogens is 382 g/mol. The van der Waals surface area contributed by atoms with Crippen LogP contribution >= 0.6 is 23.7 Å². The molecule has 2 aromatic rings. The number of hydrogen-bond donors (Lipinski definition) is 3. The lowest BCUT2D eigenvalue weighted by Crippen LogP contribution is -2.33. The predicted molar refractivity (Wildman–Crippen MR) is 101 cm³/mol. The summed E-state index contributed by atoms with van der Waals surface area (Å²) < 4.78 is 16.0. The number of rotatable bonds is 12. The van der Waals surface area contributed by atoms with Crippen LogP contribution in [0, 0.1) is 0 Å². The van der Waals surface area contributed by atoms with E-state index in [9.17, 15) is 9.90 Å². The molecular formula is C17H22ClNO6S. The molecule has 1 unspecified atom stereocenters. The summed E-state index contributed by atoms with van der Waals surface area (Å²) in [5.41, 5.74) is 0. The highest BCUT2D eigenvalue weighted by molar-refractivity contribution is 7.08. The normalized spacial score (nSPS) is 11.3. The van der Waals surface area contributed by atoms with Crippen LogP contribution in [-0.2, 0) is 4.79 Å². The standard InChI is InChI=1S/C17H21NO6S.ClH/c19-13(10-23-16-5-8-25-12-16)9-18-6-7-22-14-1-3-15(4-2-14)24-11-17(20)21;/h1-5,8,12-13,18-19H,6-7,9-11H2,(H,20,21);1H. The van der Waals surface area contributed by atoms with Gasteiger partial charge in [-0.15, -0.1) is 23.7 Å². The Labute approximate surface area is 161 Å². The molecule has 3 N–H and O–H groups in total. The Bertz CT molecular complexity index is 623. The molecule has 0 saturated carbocycles. The zero-order valence-electron chi connectivity index (χ0n) is 14.0. The van der Waals surface area contributed by atoms with Gasteiger partial charge in [-0.2, -0.15) is 0 Å². The van der Waals surface area contributed by atoms with Gasteiger partial charge in [0.25, 0.3) is 0 Å². The molecule has 9 heteroatoms. The average molecular weight is 404 g/mol. The maximum absolute atomic E-state index is 10.4. The largest absolute Gasteiger partial charge is 0.492 e. The Morgan fingerprint density at radius 1 is 1.08 bits per heavy atom. The number of carboxylic acids is 1. The fourth-order valence-electron chi connectivity index (χ4n) is 1.87. The van der Waals surface area contributed by atoms with Crippen molar-refractivity contribution in [2.75, 3.05) is 32.9 Å². The second kappa shape index (κ2) is 12.4. The molecule has 0 fully saturated rings. The number of carboxylic acid groups (broad SMARTS) is 1. The fourth-order valence-corrected chi connectivity index (χ4v) is 2.44. The van der Waals surface area contributed by atoms with E-state index in [1.54, 1.807) is 35.6 Å². The van der Waals surface area contributed by atoms with Crippen molar-refractivity contribution >= 4 is 29.7 Å². The summed E-state index contributed by atoms with van der Waals surface area (Å²) in [6.07, 6.45) is -0.592. The van der Waals surface area contributed by atoms with Gasteiger partial charge < -0.3 is 29.7 Å². The molecule has 1 atom stereocenters. The third-order valence-electron chi connectivity index (χ3n) is 3.05.